The lowest BCUT2D eigenvalue weighted by Crippen LogP contribution is -1.69. The summed E-state index contributed by atoms with van der Waals surface area (Å²) in [4.78, 5) is 0. The summed E-state index contributed by atoms with van der Waals surface area (Å²) in [6, 6.07) is 0. The second-order valence-corrected chi connectivity index (χ2v) is 1.000. The van der Waals surface area contributed by atoms with E-state index in [1.54, 1.807) is 0 Å². The van der Waals surface area contributed by atoms with Crippen molar-refractivity contribution in [3.63, 3.8) is 0 Å². The Kier molecular flexibility index (Phi) is 352. The minimum atomic E-state index is 1.32. The van der Waals surface area contributed by atoms with E-state index >= 15 is 0 Å². The summed E-state index contributed by atoms with van der Waals surface area (Å²) in [6.07, 6.45) is 2.64. The number of rotatable bonds is 1. The smallest absolute Gasteiger partial charge is 0.0195 e. The first kappa shape index (κ1) is 22.5. The van der Waals surface area contributed by atoms with Crippen LogP contribution in [0.25, 0.3) is 0 Å². The van der Waals surface area contributed by atoms with Crippen LogP contribution < -0.4 is 17.2 Å². The van der Waals surface area contributed by atoms with Crippen LogP contribution in [-0.4, -0.2) is 21.1 Å². The molecule has 0 saturated heterocycles. The van der Waals surface area contributed by atoms with Crippen LogP contribution in [0, 0.1) is 0 Å². The average molecular weight is 151 g/mol. The Labute approximate surface area is 66.0 Å². The fourth-order valence-electron chi connectivity index (χ4n) is 0. The lowest BCUT2D eigenvalue weighted by Gasteiger charge is -1.68. The standard InChI is InChI=1S/C4H10.3CH5N/c1-3-4-2;3*1-2/h3-4H2,1-2H3;3*2H2,1H3. The quantitative estimate of drug-likeness (QED) is 0.511. The van der Waals surface area contributed by atoms with Crippen LogP contribution in [0.1, 0.15) is 26.7 Å². The zero-order chi connectivity index (χ0) is 9.41. The normalized spacial score (nSPS) is 4.80. The van der Waals surface area contributed by atoms with Crippen LogP contribution in [0.3, 0.4) is 0 Å². The van der Waals surface area contributed by atoms with Crippen LogP contribution in [-0.2, 0) is 0 Å². The highest BCUT2D eigenvalue weighted by atomic mass is 14.4. The van der Waals surface area contributed by atoms with Crippen molar-refractivity contribution in [1.82, 2.24) is 0 Å². The fraction of sp³-hybridized carbons (Fsp3) is 1.00. The molecule has 0 atom stereocenters. The van der Waals surface area contributed by atoms with Gasteiger partial charge in [-0.1, -0.05) is 26.7 Å². The summed E-state index contributed by atoms with van der Waals surface area (Å²) in [5, 5.41) is 0. The summed E-state index contributed by atoms with van der Waals surface area (Å²) in [5.41, 5.74) is 13.5. The highest BCUT2D eigenvalue weighted by molar-refractivity contribution is 4.12. The predicted octanol–water partition coefficient (Wildman–Crippen LogP) is 0.531. The average Bonchev–Trinajstić information content (AvgIpc) is 2.14. The summed E-state index contributed by atoms with van der Waals surface area (Å²) < 4.78 is 0. The number of hydrogen-bond acceptors (Lipinski definition) is 3. The van der Waals surface area contributed by atoms with E-state index in [1.165, 1.54) is 34.0 Å². The SMILES string of the molecule is CCCC.CN.CN.CN. The molecule has 0 aliphatic carbocycles. The van der Waals surface area contributed by atoms with Crippen molar-refractivity contribution >= 4 is 0 Å². The minimum absolute atomic E-state index is 1.32. The van der Waals surface area contributed by atoms with Gasteiger partial charge in [-0.05, 0) is 21.1 Å². The van der Waals surface area contributed by atoms with Gasteiger partial charge in [0.15, 0.2) is 0 Å². The largest absolute Gasteiger partial charge is 0.333 e. The van der Waals surface area contributed by atoms with Gasteiger partial charge in [0.2, 0.25) is 0 Å². The monoisotopic (exact) mass is 151 g/mol. The maximum Gasteiger partial charge on any atom is -0.0195 e. The van der Waals surface area contributed by atoms with Gasteiger partial charge in [0.25, 0.3) is 0 Å². The molecule has 3 nitrogen and oxygen atoms in total. The van der Waals surface area contributed by atoms with E-state index in [0.29, 0.717) is 0 Å². The molecule has 0 aromatic heterocycles. The van der Waals surface area contributed by atoms with Crippen molar-refractivity contribution in [2.24, 2.45) is 17.2 Å². The van der Waals surface area contributed by atoms with Gasteiger partial charge in [0.05, 0.1) is 0 Å². The Morgan fingerprint density at radius 3 is 0.700 bits per heavy atom. The molecule has 3 heteroatoms. The second-order valence-electron chi connectivity index (χ2n) is 1.000. The molecule has 0 amide bonds. The second kappa shape index (κ2) is 156. The third-order valence-electron chi connectivity index (χ3n) is 0.500. The molecule has 0 unspecified atom stereocenters. The zero-order valence-corrected chi connectivity index (χ0v) is 8.15. The van der Waals surface area contributed by atoms with E-state index in [0.717, 1.165) is 0 Å². The van der Waals surface area contributed by atoms with Crippen molar-refractivity contribution in [2.45, 2.75) is 26.7 Å². The summed E-state index contributed by atoms with van der Waals surface area (Å²) in [6.45, 7) is 4.36. The van der Waals surface area contributed by atoms with Crippen LogP contribution in [0.4, 0.5) is 0 Å². The molecular weight excluding hydrogens is 126 g/mol. The first-order chi connectivity index (χ1) is 4.91. The van der Waals surface area contributed by atoms with E-state index in [9.17, 15) is 0 Å². The molecule has 0 bridgehead atoms. The summed E-state index contributed by atoms with van der Waals surface area (Å²) in [5.74, 6) is 0. The van der Waals surface area contributed by atoms with Gasteiger partial charge in [0, 0.05) is 0 Å². The number of hydrogen-bond donors (Lipinski definition) is 3. The van der Waals surface area contributed by atoms with Crippen molar-refractivity contribution in [2.75, 3.05) is 21.1 Å². The number of nitrogens with two attached hydrogens (primary N) is 3. The highest BCUT2D eigenvalue weighted by Crippen LogP contribution is 1.76. The van der Waals surface area contributed by atoms with Crippen LogP contribution in [0.2, 0.25) is 0 Å². The lowest BCUT2D eigenvalue weighted by molar-refractivity contribution is 0.886. The third kappa shape index (κ3) is 482. The molecule has 0 heterocycles. The predicted molar refractivity (Wildman–Crippen MR) is 50.9 cm³/mol. The summed E-state index contributed by atoms with van der Waals surface area (Å²) >= 11 is 0. The van der Waals surface area contributed by atoms with Gasteiger partial charge in [-0.15, -0.1) is 0 Å². The molecule has 0 aliphatic heterocycles. The molecule has 10 heavy (non-hydrogen) atoms. The maximum absolute atomic E-state index is 4.50. The molecule has 0 radical (unpaired) electrons. The molecule has 0 aliphatic rings. The Balaban J connectivity index is -0.0000000262. The highest BCUT2D eigenvalue weighted by Gasteiger charge is 1.56. The van der Waals surface area contributed by atoms with Crippen molar-refractivity contribution in [3.05, 3.63) is 0 Å². The van der Waals surface area contributed by atoms with Gasteiger partial charge < -0.3 is 17.2 Å². The van der Waals surface area contributed by atoms with E-state index in [-0.39, 0.29) is 0 Å². The first-order valence-corrected chi connectivity index (χ1v) is 3.65. The fourth-order valence-corrected chi connectivity index (χ4v) is 0. The van der Waals surface area contributed by atoms with Gasteiger partial charge >= 0.3 is 0 Å². The van der Waals surface area contributed by atoms with Crippen LogP contribution in [0.15, 0.2) is 0 Å². The molecule has 0 rings (SSSR count). The molecular formula is C7H25N3. The van der Waals surface area contributed by atoms with E-state index < -0.39 is 0 Å². The summed E-state index contributed by atoms with van der Waals surface area (Å²) in [7, 11) is 4.50. The number of unbranched alkanes of at least 4 members (excludes halogenated alkanes) is 1. The maximum atomic E-state index is 4.50. The van der Waals surface area contributed by atoms with E-state index in [4.69, 9.17) is 0 Å². The topological polar surface area (TPSA) is 78.1 Å². The van der Waals surface area contributed by atoms with Gasteiger partial charge in [-0.25, -0.2) is 0 Å². The van der Waals surface area contributed by atoms with Crippen molar-refractivity contribution < 1.29 is 0 Å². The molecule has 0 spiro atoms. The van der Waals surface area contributed by atoms with Crippen molar-refractivity contribution in [1.29, 1.82) is 0 Å². The molecule has 0 aromatic carbocycles. The van der Waals surface area contributed by atoms with Gasteiger partial charge in [0.1, 0.15) is 0 Å². The molecule has 6 N–H and O–H groups in total. The molecule has 0 fully saturated rings. The third-order valence-corrected chi connectivity index (χ3v) is 0.500. The van der Waals surface area contributed by atoms with Gasteiger partial charge in [-0.3, -0.25) is 0 Å². The van der Waals surface area contributed by atoms with E-state index in [1.807, 2.05) is 0 Å². The van der Waals surface area contributed by atoms with Gasteiger partial charge in [-0.2, -0.15) is 0 Å². The Morgan fingerprint density at radius 2 is 0.700 bits per heavy atom. The Morgan fingerprint density at radius 1 is 0.600 bits per heavy atom. The lowest BCUT2D eigenvalue weighted by atomic mass is 10.4. The van der Waals surface area contributed by atoms with Crippen LogP contribution >= 0.6 is 0 Å². The molecule has 0 aromatic rings. The molecule has 0 saturated carbocycles. The van der Waals surface area contributed by atoms with Crippen molar-refractivity contribution in [3.8, 4) is 0 Å². The first-order valence-electron chi connectivity index (χ1n) is 3.65. The van der Waals surface area contributed by atoms with E-state index in [2.05, 4.69) is 31.0 Å². The minimum Gasteiger partial charge on any atom is -0.333 e. The Bertz CT molecular complexity index is 10.8. The van der Waals surface area contributed by atoms with Crippen LogP contribution in [0.5, 0.6) is 0 Å². The molecule has 68 valence electrons. The zero-order valence-electron chi connectivity index (χ0n) is 8.15. The Hall–Kier alpha value is -0.120.